The number of nitrogens with two attached hydrogens (primary N) is 3. The van der Waals surface area contributed by atoms with E-state index in [0.29, 0.717) is 31.5 Å². The summed E-state index contributed by atoms with van der Waals surface area (Å²) < 4.78 is 0. The Bertz CT molecular complexity index is 1160. The number of nitro benzene ring substituents is 1. The Morgan fingerprint density at radius 1 is 1.12 bits per heavy atom. The van der Waals surface area contributed by atoms with Crippen molar-refractivity contribution in [3.63, 3.8) is 0 Å². The van der Waals surface area contributed by atoms with Crippen LogP contribution in [0.2, 0.25) is 0 Å². The summed E-state index contributed by atoms with van der Waals surface area (Å²) in [6, 6.07) is 13.2. The van der Waals surface area contributed by atoms with E-state index >= 15 is 0 Å². The number of aliphatic imine (C=N–C) groups is 1. The van der Waals surface area contributed by atoms with Gasteiger partial charge in [0.15, 0.2) is 5.96 Å². The van der Waals surface area contributed by atoms with E-state index in [2.05, 4.69) is 15.6 Å². The molecule has 41 heavy (non-hydrogen) atoms. The second-order valence-corrected chi connectivity index (χ2v) is 9.92. The number of carbonyl (C=O) groups excluding carboxylic acids is 2. The molecule has 226 valence electrons. The number of nitro groups is 1. The molecule has 1 saturated heterocycles. The van der Waals surface area contributed by atoms with Gasteiger partial charge in [0, 0.05) is 24.4 Å². The van der Waals surface area contributed by atoms with E-state index in [9.17, 15) is 19.7 Å². The molecular weight excluding hydrogens is 571 g/mol. The van der Waals surface area contributed by atoms with Crippen LogP contribution in [0.4, 0.5) is 11.4 Å². The van der Waals surface area contributed by atoms with Crippen LogP contribution in [0.15, 0.2) is 59.6 Å². The van der Waals surface area contributed by atoms with Gasteiger partial charge in [-0.05, 0) is 69.7 Å². The van der Waals surface area contributed by atoms with E-state index in [1.165, 1.54) is 24.3 Å². The van der Waals surface area contributed by atoms with Crippen LogP contribution < -0.4 is 27.8 Å². The molecule has 1 aliphatic rings. The van der Waals surface area contributed by atoms with Crippen molar-refractivity contribution in [1.82, 2.24) is 10.2 Å². The summed E-state index contributed by atoms with van der Waals surface area (Å²) in [6.45, 7) is 2.90. The lowest BCUT2D eigenvalue weighted by molar-refractivity contribution is -0.384. The van der Waals surface area contributed by atoms with Crippen LogP contribution >= 0.6 is 24.8 Å². The van der Waals surface area contributed by atoms with Gasteiger partial charge in [-0.1, -0.05) is 30.3 Å². The summed E-state index contributed by atoms with van der Waals surface area (Å²) in [5.74, 6) is -0.829. The van der Waals surface area contributed by atoms with Crippen molar-refractivity contribution in [2.24, 2.45) is 22.2 Å². The van der Waals surface area contributed by atoms with Crippen molar-refractivity contribution >= 4 is 54.0 Å². The molecule has 1 fully saturated rings. The number of carbonyl (C=O) groups is 2. The fraction of sp³-hybridized carbons (Fsp3) is 0.444. The molecule has 0 spiro atoms. The summed E-state index contributed by atoms with van der Waals surface area (Å²) in [7, 11) is 0. The molecule has 12 nitrogen and oxygen atoms in total. The van der Waals surface area contributed by atoms with Crippen molar-refractivity contribution < 1.29 is 14.5 Å². The average Bonchev–Trinajstić information content (AvgIpc) is 2.91. The van der Waals surface area contributed by atoms with E-state index < -0.39 is 28.6 Å². The van der Waals surface area contributed by atoms with Crippen LogP contribution in [0.3, 0.4) is 0 Å². The quantitative estimate of drug-likeness (QED) is 0.0794. The molecule has 0 aliphatic carbocycles. The highest BCUT2D eigenvalue weighted by atomic mass is 35.5. The number of nitrogens with zero attached hydrogens (tertiary/aromatic N) is 3. The molecule has 0 bridgehead atoms. The summed E-state index contributed by atoms with van der Waals surface area (Å²) in [4.78, 5) is 44.0. The second-order valence-electron chi connectivity index (χ2n) is 9.92. The third kappa shape index (κ3) is 10.2. The van der Waals surface area contributed by atoms with E-state index in [4.69, 9.17) is 17.2 Å². The number of hydrogen-bond donors (Lipinski definition) is 5. The first kappa shape index (κ1) is 35.6. The first-order valence-corrected chi connectivity index (χ1v) is 13.1. The number of non-ortho nitro benzene ring substituents is 1. The van der Waals surface area contributed by atoms with Crippen LogP contribution in [0.1, 0.15) is 44.6 Å². The van der Waals surface area contributed by atoms with Crippen molar-refractivity contribution in [3.05, 3.63) is 70.3 Å². The van der Waals surface area contributed by atoms with Crippen LogP contribution in [0, 0.1) is 10.1 Å². The lowest BCUT2D eigenvalue weighted by atomic mass is 9.92. The van der Waals surface area contributed by atoms with Crippen molar-refractivity contribution in [2.75, 3.05) is 18.4 Å². The monoisotopic (exact) mass is 610 g/mol. The Labute approximate surface area is 252 Å². The van der Waals surface area contributed by atoms with Crippen LogP contribution in [0.5, 0.6) is 0 Å². The Morgan fingerprint density at radius 3 is 2.34 bits per heavy atom. The number of nitrogens with one attached hydrogen (secondary N) is 2. The minimum absolute atomic E-state index is 0. The number of halogens is 2. The zero-order chi connectivity index (χ0) is 28.4. The van der Waals surface area contributed by atoms with Gasteiger partial charge < -0.3 is 27.4 Å². The third-order valence-corrected chi connectivity index (χ3v) is 6.87. The maximum Gasteiger partial charge on any atom is 0.269 e. The highest BCUT2D eigenvalue weighted by Gasteiger charge is 2.44. The number of guanidine groups is 1. The normalized spacial score (nSPS) is 17.5. The van der Waals surface area contributed by atoms with E-state index in [1.807, 2.05) is 37.3 Å². The maximum absolute atomic E-state index is 14.0. The molecule has 1 unspecified atom stereocenters. The fourth-order valence-electron chi connectivity index (χ4n) is 4.88. The number of rotatable bonds is 12. The molecular formula is C27H40Cl2N8O4. The SMILES string of the molecule is CC1(N(C(=O)[C@H](N)Cc2ccccc2)[C@@H](CCCN=C(N)N)C(=O)Nc2ccc([N+](=O)[O-])cc2)CCCCN1.Cl.Cl. The molecule has 2 aromatic rings. The summed E-state index contributed by atoms with van der Waals surface area (Å²) in [6.07, 6.45) is 3.51. The highest BCUT2D eigenvalue weighted by Crippen LogP contribution is 2.29. The van der Waals surface area contributed by atoms with E-state index in [0.717, 1.165) is 18.4 Å². The van der Waals surface area contributed by atoms with Crippen LogP contribution in [0.25, 0.3) is 0 Å². The van der Waals surface area contributed by atoms with Crippen molar-refractivity contribution in [3.8, 4) is 0 Å². The Morgan fingerprint density at radius 2 is 1.78 bits per heavy atom. The van der Waals surface area contributed by atoms with Gasteiger partial charge in [0.25, 0.3) is 5.69 Å². The lowest BCUT2D eigenvalue weighted by Crippen LogP contribution is -2.68. The highest BCUT2D eigenvalue weighted by molar-refractivity contribution is 5.98. The largest absolute Gasteiger partial charge is 0.370 e. The number of benzene rings is 2. The first-order chi connectivity index (χ1) is 18.6. The van der Waals surface area contributed by atoms with Crippen LogP contribution in [-0.2, 0) is 16.0 Å². The Kier molecular flexibility index (Phi) is 14.5. The Hall–Kier alpha value is -3.45. The van der Waals surface area contributed by atoms with Crippen molar-refractivity contribution in [1.29, 1.82) is 0 Å². The minimum Gasteiger partial charge on any atom is -0.370 e. The number of piperidine rings is 1. The zero-order valence-corrected chi connectivity index (χ0v) is 24.7. The minimum atomic E-state index is -0.903. The fourth-order valence-corrected chi connectivity index (χ4v) is 4.88. The second kappa shape index (κ2) is 16.7. The molecule has 1 heterocycles. The predicted octanol–water partition coefficient (Wildman–Crippen LogP) is 2.69. The van der Waals surface area contributed by atoms with Gasteiger partial charge in [-0.25, -0.2) is 0 Å². The van der Waals surface area contributed by atoms with Gasteiger partial charge >= 0.3 is 0 Å². The smallest absolute Gasteiger partial charge is 0.269 e. The standard InChI is InChI=1S/C27H38N8O4.2ClH/c1-27(15-5-6-17-32-27)34(25(37)22(28)18-19-8-3-2-4-9-19)23(10-7-16-31-26(29)30)24(36)33-20-11-13-21(14-12-20)35(38)39;;/h2-4,8-9,11-14,22-23,32H,5-7,10,15-18,28H2,1H3,(H,33,36)(H4,29,30,31);2*1H/t22-,23+,27?;;/m1../s1. The van der Waals surface area contributed by atoms with E-state index in [1.54, 1.807) is 4.90 Å². The van der Waals surface area contributed by atoms with Gasteiger partial charge in [-0.3, -0.25) is 30.0 Å². The summed E-state index contributed by atoms with van der Waals surface area (Å²) >= 11 is 0. The Balaban J connectivity index is 0.00000420. The zero-order valence-electron chi connectivity index (χ0n) is 23.0. The molecule has 0 aromatic heterocycles. The molecule has 3 atom stereocenters. The van der Waals surface area contributed by atoms with Gasteiger partial charge in [-0.2, -0.15) is 0 Å². The van der Waals surface area contributed by atoms with Gasteiger partial charge in [0.1, 0.15) is 6.04 Å². The van der Waals surface area contributed by atoms with Crippen molar-refractivity contribution in [2.45, 2.75) is 63.2 Å². The topological polar surface area (TPSA) is 195 Å². The summed E-state index contributed by atoms with van der Waals surface area (Å²) in [5.41, 5.74) is 17.8. The maximum atomic E-state index is 14.0. The van der Waals surface area contributed by atoms with E-state index in [-0.39, 0.29) is 55.3 Å². The lowest BCUT2D eigenvalue weighted by Gasteiger charge is -2.48. The molecule has 1 aliphatic heterocycles. The molecule has 14 heteroatoms. The molecule has 0 radical (unpaired) electrons. The first-order valence-electron chi connectivity index (χ1n) is 13.1. The van der Waals surface area contributed by atoms with Gasteiger partial charge in [-0.15, -0.1) is 24.8 Å². The van der Waals surface area contributed by atoms with Gasteiger partial charge in [0.05, 0.1) is 16.6 Å². The number of anilines is 1. The average molecular weight is 612 g/mol. The molecule has 2 aromatic carbocycles. The van der Waals surface area contributed by atoms with Crippen LogP contribution in [-0.4, -0.2) is 58.4 Å². The molecule has 2 amide bonds. The predicted molar refractivity (Wildman–Crippen MR) is 165 cm³/mol. The number of amides is 2. The summed E-state index contributed by atoms with van der Waals surface area (Å²) in [5, 5.41) is 17.3. The number of hydrogen-bond acceptors (Lipinski definition) is 7. The molecule has 8 N–H and O–H groups in total. The molecule has 3 rings (SSSR count). The molecule has 0 saturated carbocycles. The van der Waals surface area contributed by atoms with Gasteiger partial charge in [0.2, 0.25) is 11.8 Å². The third-order valence-electron chi connectivity index (χ3n) is 6.87.